The quantitative estimate of drug-likeness (QED) is 0.847. The van der Waals surface area contributed by atoms with Crippen LogP contribution in [0, 0.1) is 11.8 Å². The Bertz CT molecular complexity index is 604. The van der Waals surface area contributed by atoms with Gasteiger partial charge >= 0.3 is 0 Å². The Morgan fingerprint density at radius 3 is 2.12 bits per heavy atom. The SMILES string of the molecule is O=CN1CCN(C(=O)C2CCC(C(=O)Nc3ccccc3)CC2)CC1. The summed E-state index contributed by atoms with van der Waals surface area (Å²) in [5.41, 5.74) is 0.818. The van der Waals surface area contributed by atoms with Crippen LogP contribution in [0.3, 0.4) is 0 Å². The van der Waals surface area contributed by atoms with Gasteiger partial charge in [0.2, 0.25) is 18.2 Å². The first-order chi connectivity index (χ1) is 12.2. The summed E-state index contributed by atoms with van der Waals surface area (Å²) in [5, 5.41) is 2.96. The molecule has 1 saturated carbocycles. The third-order valence-corrected chi connectivity index (χ3v) is 5.26. The number of amides is 3. The van der Waals surface area contributed by atoms with Crippen molar-refractivity contribution in [1.29, 1.82) is 0 Å². The van der Waals surface area contributed by atoms with Crippen molar-refractivity contribution in [3.05, 3.63) is 30.3 Å². The molecule has 134 valence electrons. The highest BCUT2D eigenvalue weighted by Crippen LogP contribution is 2.31. The molecule has 1 heterocycles. The molecule has 0 unspecified atom stereocenters. The first-order valence-corrected chi connectivity index (χ1v) is 9.01. The second kappa shape index (κ2) is 8.14. The molecule has 0 spiro atoms. The highest BCUT2D eigenvalue weighted by Gasteiger charge is 2.33. The van der Waals surface area contributed by atoms with E-state index in [2.05, 4.69) is 5.32 Å². The lowest BCUT2D eigenvalue weighted by Crippen LogP contribution is -2.50. The number of carbonyl (C=O) groups excluding carboxylic acids is 3. The number of nitrogens with one attached hydrogen (secondary N) is 1. The molecule has 1 aliphatic carbocycles. The largest absolute Gasteiger partial charge is 0.342 e. The summed E-state index contributed by atoms with van der Waals surface area (Å²) in [5.74, 6) is 0.240. The summed E-state index contributed by atoms with van der Waals surface area (Å²) in [6.07, 6.45) is 3.88. The summed E-state index contributed by atoms with van der Waals surface area (Å²) in [4.78, 5) is 39.3. The third-order valence-electron chi connectivity index (χ3n) is 5.26. The van der Waals surface area contributed by atoms with E-state index in [9.17, 15) is 14.4 Å². The monoisotopic (exact) mass is 343 g/mol. The average molecular weight is 343 g/mol. The van der Waals surface area contributed by atoms with Crippen molar-refractivity contribution < 1.29 is 14.4 Å². The Morgan fingerprint density at radius 1 is 0.920 bits per heavy atom. The van der Waals surface area contributed by atoms with Gasteiger partial charge in [-0.15, -0.1) is 0 Å². The van der Waals surface area contributed by atoms with Gasteiger partial charge in [-0.25, -0.2) is 0 Å². The molecule has 0 atom stereocenters. The lowest BCUT2D eigenvalue weighted by atomic mass is 9.80. The molecule has 0 radical (unpaired) electrons. The Kier molecular flexibility index (Phi) is 5.68. The number of benzene rings is 1. The molecule has 25 heavy (non-hydrogen) atoms. The van der Waals surface area contributed by atoms with Gasteiger partial charge in [-0.3, -0.25) is 14.4 Å². The predicted molar refractivity (Wildman–Crippen MR) is 94.7 cm³/mol. The van der Waals surface area contributed by atoms with Gasteiger partial charge in [-0.2, -0.15) is 0 Å². The molecule has 0 bridgehead atoms. The second-order valence-electron chi connectivity index (χ2n) is 6.87. The van der Waals surface area contributed by atoms with Gasteiger partial charge in [0.05, 0.1) is 0 Å². The van der Waals surface area contributed by atoms with E-state index in [1.165, 1.54) is 0 Å². The first kappa shape index (κ1) is 17.5. The molecule has 6 heteroatoms. The normalized spacial score (nSPS) is 23.8. The topological polar surface area (TPSA) is 69.7 Å². The van der Waals surface area contributed by atoms with Crippen LogP contribution < -0.4 is 5.32 Å². The zero-order valence-electron chi connectivity index (χ0n) is 14.4. The maximum Gasteiger partial charge on any atom is 0.227 e. The zero-order valence-corrected chi connectivity index (χ0v) is 14.4. The Morgan fingerprint density at radius 2 is 1.52 bits per heavy atom. The molecule has 1 saturated heterocycles. The highest BCUT2D eigenvalue weighted by atomic mass is 16.2. The number of carbonyl (C=O) groups is 3. The maximum atomic E-state index is 12.6. The Labute approximate surface area is 148 Å². The van der Waals surface area contributed by atoms with Gasteiger partial charge in [0, 0.05) is 43.7 Å². The van der Waals surface area contributed by atoms with Gasteiger partial charge in [-0.05, 0) is 37.8 Å². The van der Waals surface area contributed by atoms with Gasteiger partial charge in [0.1, 0.15) is 0 Å². The molecule has 1 N–H and O–H groups in total. The minimum Gasteiger partial charge on any atom is -0.342 e. The summed E-state index contributed by atoms with van der Waals surface area (Å²) < 4.78 is 0. The molecule has 6 nitrogen and oxygen atoms in total. The van der Waals surface area contributed by atoms with E-state index in [0.29, 0.717) is 26.2 Å². The molecular formula is C19H25N3O3. The van der Waals surface area contributed by atoms with Crippen molar-refractivity contribution in [2.24, 2.45) is 11.8 Å². The van der Waals surface area contributed by atoms with Crippen LogP contribution in [0.4, 0.5) is 5.69 Å². The summed E-state index contributed by atoms with van der Waals surface area (Å²) in [6.45, 7) is 2.46. The van der Waals surface area contributed by atoms with Gasteiger partial charge in [0.25, 0.3) is 0 Å². The molecule has 1 aliphatic heterocycles. The Balaban J connectivity index is 1.46. The van der Waals surface area contributed by atoms with Gasteiger partial charge in [-0.1, -0.05) is 18.2 Å². The number of para-hydroxylation sites is 1. The molecule has 1 aromatic rings. The molecular weight excluding hydrogens is 318 g/mol. The van der Waals surface area contributed by atoms with Crippen LogP contribution >= 0.6 is 0 Å². The van der Waals surface area contributed by atoms with Crippen LogP contribution in [-0.4, -0.2) is 54.2 Å². The first-order valence-electron chi connectivity index (χ1n) is 9.01. The average Bonchev–Trinajstić information content (AvgIpc) is 2.68. The van der Waals surface area contributed by atoms with Gasteiger partial charge in [0.15, 0.2) is 0 Å². The summed E-state index contributed by atoms with van der Waals surface area (Å²) in [7, 11) is 0. The van der Waals surface area contributed by atoms with Crippen LogP contribution in [0.15, 0.2) is 30.3 Å². The van der Waals surface area contributed by atoms with Gasteiger partial charge < -0.3 is 15.1 Å². The number of hydrogen-bond acceptors (Lipinski definition) is 3. The lowest BCUT2D eigenvalue weighted by Gasteiger charge is -2.36. The molecule has 0 aromatic heterocycles. The van der Waals surface area contributed by atoms with Crippen molar-refractivity contribution in [3.8, 4) is 0 Å². The number of anilines is 1. The van der Waals surface area contributed by atoms with Crippen LogP contribution in [0.2, 0.25) is 0 Å². The highest BCUT2D eigenvalue weighted by molar-refractivity contribution is 5.92. The van der Waals surface area contributed by atoms with E-state index in [1.54, 1.807) is 4.90 Å². The fraction of sp³-hybridized carbons (Fsp3) is 0.526. The van der Waals surface area contributed by atoms with E-state index in [0.717, 1.165) is 37.8 Å². The van der Waals surface area contributed by atoms with Crippen LogP contribution in [0.25, 0.3) is 0 Å². The Hall–Kier alpha value is -2.37. The molecule has 3 rings (SSSR count). The van der Waals surface area contributed by atoms with Crippen molar-refractivity contribution in [2.45, 2.75) is 25.7 Å². The summed E-state index contributed by atoms with van der Waals surface area (Å²) >= 11 is 0. The number of hydrogen-bond donors (Lipinski definition) is 1. The molecule has 2 fully saturated rings. The van der Waals surface area contributed by atoms with Crippen LogP contribution in [0.5, 0.6) is 0 Å². The fourth-order valence-corrected chi connectivity index (χ4v) is 3.67. The van der Waals surface area contributed by atoms with Crippen LogP contribution in [-0.2, 0) is 14.4 Å². The third kappa shape index (κ3) is 4.38. The van der Waals surface area contributed by atoms with Crippen molar-refractivity contribution in [2.75, 3.05) is 31.5 Å². The maximum absolute atomic E-state index is 12.6. The fourth-order valence-electron chi connectivity index (χ4n) is 3.67. The van der Waals surface area contributed by atoms with E-state index in [1.807, 2.05) is 35.2 Å². The minimum absolute atomic E-state index is 0.0172. The van der Waals surface area contributed by atoms with Crippen LogP contribution in [0.1, 0.15) is 25.7 Å². The van der Waals surface area contributed by atoms with Crippen molar-refractivity contribution >= 4 is 23.9 Å². The minimum atomic E-state index is -0.0174. The molecule has 1 aromatic carbocycles. The lowest BCUT2D eigenvalue weighted by molar-refractivity contribution is -0.140. The van der Waals surface area contributed by atoms with E-state index in [-0.39, 0.29) is 23.7 Å². The predicted octanol–water partition coefficient (Wildman–Crippen LogP) is 1.73. The van der Waals surface area contributed by atoms with E-state index < -0.39 is 0 Å². The standard InChI is InChI=1S/C19H25N3O3/c23-14-21-10-12-22(13-11-21)19(25)16-8-6-15(7-9-16)18(24)20-17-4-2-1-3-5-17/h1-5,14-16H,6-13H2,(H,20,24). The number of piperazine rings is 1. The van der Waals surface area contributed by atoms with E-state index >= 15 is 0 Å². The van der Waals surface area contributed by atoms with Crippen molar-refractivity contribution in [1.82, 2.24) is 9.80 Å². The zero-order chi connectivity index (χ0) is 17.6. The molecule has 2 aliphatic rings. The smallest absolute Gasteiger partial charge is 0.227 e. The second-order valence-corrected chi connectivity index (χ2v) is 6.87. The number of rotatable bonds is 4. The van der Waals surface area contributed by atoms with Crippen molar-refractivity contribution in [3.63, 3.8) is 0 Å². The molecule has 3 amide bonds. The van der Waals surface area contributed by atoms with E-state index in [4.69, 9.17) is 0 Å². The number of nitrogens with zero attached hydrogens (tertiary/aromatic N) is 2. The summed E-state index contributed by atoms with van der Waals surface area (Å²) in [6, 6.07) is 9.48.